The summed E-state index contributed by atoms with van der Waals surface area (Å²) in [7, 11) is 0. The summed E-state index contributed by atoms with van der Waals surface area (Å²) >= 11 is 0. The van der Waals surface area contributed by atoms with Crippen LogP contribution in [0.2, 0.25) is 0 Å². The van der Waals surface area contributed by atoms with Crippen molar-refractivity contribution in [1.29, 1.82) is 0 Å². The molecule has 0 spiro atoms. The molecule has 1 rings (SSSR count). The van der Waals surface area contributed by atoms with Crippen molar-refractivity contribution in [3.05, 3.63) is 35.9 Å². The molecular weight excluding hydrogens is 428 g/mol. The van der Waals surface area contributed by atoms with E-state index in [1.807, 2.05) is 6.07 Å². The fourth-order valence-corrected chi connectivity index (χ4v) is 2.80. The Balaban J connectivity index is 3.17. The molecule has 0 fully saturated rings. The molecule has 0 unspecified atom stereocenters. The van der Waals surface area contributed by atoms with E-state index in [9.17, 15) is 19.2 Å². The standard InChI is InChI=1S/C24H36N2O7/c1-8-31-20(28)16-26(15-17-12-10-9-11-13-17)21(29)18(14-19(27)32-23(2,3)4)25-22(30)33-24(5,6)7/h9-13,18H,8,14-16H2,1-7H3,(H,25,30)/t18-/m0/s1. The van der Waals surface area contributed by atoms with E-state index in [0.29, 0.717) is 0 Å². The van der Waals surface area contributed by atoms with Gasteiger partial charge in [0.2, 0.25) is 5.91 Å². The molecule has 0 aromatic heterocycles. The van der Waals surface area contributed by atoms with Gasteiger partial charge >= 0.3 is 18.0 Å². The van der Waals surface area contributed by atoms with Crippen LogP contribution in [0.25, 0.3) is 0 Å². The maximum atomic E-state index is 13.4. The van der Waals surface area contributed by atoms with Crippen LogP contribution >= 0.6 is 0 Å². The fourth-order valence-electron chi connectivity index (χ4n) is 2.80. The first-order valence-corrected chi connectivity index (χ1v) is 10.9. The van der Waals surface area contributed by atoms with E-state index >= 15 is 0 Å². The van der Waals surface area contributed by atoms with Gasteiger partial charge in [-0.25, -0.2) is 4.79 Å². The lowest BCUT2D eigenvalue weighted by Gasteiger charge is -2.29. The van der Waals surface area contributed by atoms with E-state index in [4.69, 9.17) is 14.2 Å². The van der Waals surface area contributed by atoms with Gasteiger partial charge in [-0.1, -0.05) is 30.3 Å². The summed E-state index contributed by atoms with van der Waals surface area (Å²) in [5, 5.41) is 2.46. The quantitative estimate of drug-likeness (QED) is 0.441. The summed E-state index contributed by atoms with van der Waals surface area (Å²) < 4.78 is 15.6. The molecule has 0 bridgehead atoms. The Morgan fingerprint density at radius 1 is 0.909 bits per heavy atom. The van der Waals surface area contributed by atoms with Crippen LogP contribution in [0.15, 0.2) is 30.3 Å². The highest BCUT2D eigenvalue weighted by Gasteiger charge is 2.33. The Hall–Kier alpha value is -3.10. The van der Waals surface area contributed by atoms with E-state index in [0.717, 1.165) is 5.56 Å². The second-order valence-corrected chi connectivity index (χ2v) is 9.47. The van der Waals surface area contributed by atoms with Crippen molar-refractivity contribution < 1.29 is 33.4 Å². The SMILES string of the molecule is CCOC(=O)CN(Cc1ccccc1)C(=O)[C@H](CC(=O)OC(C)(C)C)NC(=O)OC(C)(C)C. The van der Waals surface area contributed by atoms with Crippen molar-refractivity contribution in [3.63, 3.8) is 0 Å². The lowest BCUT2D eigenvalue weighted by atomic mass is 10.1. The van der Waals surface area contributed by atoms with Gasteiger partial charge in [-0.3, -0.25) is 14.4 Å². The van der Waals surface area contributed by atoms with Gasteiger partial charge in [0.25, 0.3) is 0 Å². The van der Waals surface area contributed by atoms with Crippen LogP contribution in [0, 0.1) is 0 Å². The molecule has 9 heteroatoms. The van der Waals surface area contributed by atoms with Crippen LogP contribution in [0.3, 0.4) is 0 Å². The monoisotopic (exact) mass is 464 g/mol. The molecular formula is C24H36N2O7. The Morgan fingerprint density at radius 3 is 2.00 bits per heavy atom. The summed E-state index contributed by atoms with van der Waals surface area (Å²) in [5.74, 6) is -1.91. The number of carbonyl (C=O) groups excluding carboxylic acids is 4. The van der Waals surface area contributed by atoms with Gasteiger partial charge in [0.15, 0.2) is 0 Å². The third-order valence-corrected chi connectivity index (χ3v) is 3.93. The van der Waals surface area contributed by atoms with Gasteiger partial charge in [0.1, 0.15) is 23.8 Å². The predicted molar refractivity (Wildman–Crippen MR) is 122 cm³/mol. The number of alkyl carbamates (subject to hydrolysis) is 1. The zero-order valence-corrected chi connectivity index (χ0v) is 20.6. The highest BCUT2D eigenvalue weighted by molar-refractivity contribution is 5.91. The molecule has 0 aliphatic heterocycles. The number of nitrogens with one attached hydrogen (secondary N) is 1. The van der Waals surface area contributed by atoms with Gasteiger partial charge in [0.05, 0.1) is 13.0 Å². The third-order valence-electron chi connectivity index (χ3n) is 3.93. The number of amides is 2. The van der Waals surface area contributed by atoms with Crippen molar-refractivity contribution >= 4 is 23.9 Å². The number of nitrogens with zero attached hydrogens (tertiary/aromatic N) is 1. The van der Waals surface area contributed by atoms with E-state index in [1.165, 1.54) is 4.90 Å². The number of carbonyl (C=O) groups is 4. The second kappa shape index (κ2) is 12.2. The van der Waals surface area contributed by atoms with E-state index < -0.39 is 47.6 Å². The first kappa shape index (κ1) is 27.9. The highest BCUT2D eigenvalue weighted by Crippen LogP contribution is 2.14. The van der Waals surface area contributed by atoms with Crippen LogP contribution in [0.1, 0.15) is 60.5 Å². The third kappa shape index (κ3) is 11.9. The summed E-state index contributed by atoms with van der Waals surface area (Å²) in [6, 6.07) is 7.74. The maximum Gasteiger partial charge on any atom is 0.408 e. The molecule has 1 aromatic rings. The summed E-state index contributed by atoms with van der Waals surface area (Å²) in [5.41, 5.74) is -0.813. The Morgan fingerprint density at radius 2 is 1.48 bits per heavy atom. The van der Waals surface area contributed by atoms with Gasteiger partial charge in [-0.05, 0) is 54.0 Å². The zero-order valence-electron chi connectivity index (χ0n) is 20.6. The smallest absolute Gasteiger partial charge is 0.408 e. The summed E-state index contributed by atoms with van der Waals surface area (Å²) in [4.78, 5) is 51.7. The van der Waals surface area contributed by atoms with Gasteiger partial charge < -0.3 is 24.4 Å². The van der Waals surface area contributed by atoms with Crippen LogP contribution < -0.4 is 5.32 Å². The fraction of sp³-hybridized carbons (Fsp3) is 0.583. The minimum atomic E-state index is -1.30. The molecule has 1 N–H and O–H groups in total. The minimum absolute atomic E-state index is 0.0826. The number of ether oxygens (including phenoxy) is 3. The first-order chi connectivity index (χ1) is 15.2. The molecule has 1 aromatic carbocycles. The summed E-state index contributed by atoms with van der Waals surface area (Å²) in [6.07, 6.45) is -1.29. The molecule has 184 valence electrons. The number of rotatable bonds is 9. The van der Waals surface area contributed by atoms with Gasteiger partial charge in [-0.2, -0.15) is 0 Å². The highest BCUT2D eigenvalue weighted by atomic mass is 16.6. The molecule has 1 atom stereocenters. The lowest BCUT2D eigenvalue weighted by Crippen LogP contribution is -2.52. The summed E-state index contributed by atoms with van der Waals surface area (Å²) in [6.45, 7) is 11.7. The van der Waals surface area contributed by atoms with Crippen LogP contribution in [-0.4, -0.2) is 59.2 Å². The van der Waals surface area contributed by atoms with Crippen molar-refractivity contribution in [2.75, 3.05) is 13.2 Å². The van der Waals surface area contributed by atoms with Crippen molar-refractivity contribution in [3.8, 4) is 0 Å². The van der Waals surface area contributed by atoms with Crippen LogP contribution in [0.4, 0.5) is 4.79 Å². The van der Waals surface area contributed by atoms with E-state index in [1.54, 1.807) is 72.7 Å². The molecule has 2 amide bonds. The van der Waals surface area contributed by atoms with Crippen LogP contribution in [0.5, 0.6) is 0 Å². The van der Waals surface area contributed by atoms with Crippen molar-refractivity contribution in [1.82, 2.24) is 10.2 Å². The van der Waals surface area contributed by atoms with Gasteiger partial charge in [-0.15, -0.1) is 0 Å². The number of hydrogen-bond acceptors (Lipinski definition) is 7. The Bertz CT molecular complexity index is 780. The van der Waals surface area contributed by atoms with Gasteiger partial charge in [0, 0.05) is 6.54 Å². The van der Waals surface area contributed by atoms with E-state index in [-0.39, 0.29) is 19.7 Å². The molecule has 0 aliphatic carbocycles. The number of benzene rings is 1. The normalized spacial score (nSPS) is 12.3. The number of hydrogen-bond donors (Lipinski definition) is 1. The van der Waals surface area contributed by atoms with E-state index in [2.05, 4.69) is 5.32 Å². The molecule has 0 radical (unpaired) electrons. The molecule has 33 heavy (non-hydrogen) atoms. The average Bonchev–Trinajstić information content (AvgIpc) is 2.64. The van der Waals surface area contributed by atoms with Crippen molar-refractivity contribution in [2.45, 2.75) is 78.7 Å². The number of esters is 2. The largest absolute Gasteiger partial charge is 0.465 e. The maximum absolute atomic E-state index is 13.4. The molecule has 0 heterocycles. The topological polar surface area (TPSA) is 111 Å². The molecule has 9 nitrogen and oxygen atoms in total. The predicted octanol–water partition coefficient (Wildman–Crippen LogP) is 3.20. The van der Waals surface area contributed by atoms with Crippen molar-refractivity contribution in [2.24, 2.45) is 0 Å². The molecule has 0 saturated heterocycles. The van der Waals surface area contributed by atoms with Crippen LogP contribution in [-0.2, 0) is 35.1 Å². The second-order valence-electron chi connectivity index (χ2n) is 9.47. The molecule has 0 aliphatic rings. The average molecular weight is 465 g/mol. The zero-order chi connectivity index (χ0) is 25.2. The molecule has 0 saturated carbocycles. The first-order valence-electron chi connectivity index (χ1n) is 10.9. The lowest BCUT2D eigenvalue weighted by molar-refractivity contribution is -0.157. The Labute approximate surface area is 195 Å². The Kier molecular flexibility index (Phi) is 10.3. The minimum Gasteiger partial charge on any atom is -0.465 e.